The number of ether oxygens (including phenoxy) is 3. The van der Waals surface area contributed by atoms with E-state index in [-0.39, 0.29) is 5.91 Å². The number of amides is 1. The zero-order valence-corrected chi connectivity index (χ0v) is 11.5. The molecule has 0 saturated heterocycles. The fourth-order valence-electron chi connectivity index (χ4n) is 1.80. The lowest BCUT2D eigenvalue weighted by Crippen LogP contribution is -2.29. The van der Waals surface area contributed by atoms with Gasteiger partial charge in [0.25, 0.3) is 0 Å². The van der Waals surface area contributed by atoms with Crippen LogP contribution in [0.4, 0.5) is 0 Å². The number of nitrogens with one attached hydrogen (secondary N) is 1. The molecule has 106 valence electrons. The molecule has 0 bridgehead atoms. The first-order chi connectivity index (χ1) is 9.15. The van der Waals surface area contributed by atoms with Crippen LogP contribution in [0.15, 0.2) is 12.1 Å². The van der Waals surface area contributed by atoms with E-state index in [4.69, 9.17) is 20.1 Å². The molecule has 0 saturated carbocycles. The zero-order chi connectivity index (χ0) is 14.3. The first-order valence-electron chi connectivity index (χ1n) is 5.94. The maximum Gasteiger partial charge on any atom is 0.233 e. The second-order valence-electron chi connectivity index (χ2n) is 3.95. The fraction of sp³-hybridized carbons (Fsp3) is 0.462. The molecule has 6 nitrogen and oxygen atoms in total. The fourth-order valence-corrected chi connectivity index (χ4v) is 1.80. The summed E-state index contributed by atoms with van der Waals surface area (Å²) in [6, 6.07) is 3.75. The second kappa shape index (κ2) is 7.48. The number of benzene rings is 1. The van der Waals surface area contributed by atoms with Crippen LogP contribution in [0.25, 0.3) is 0 Å². The number of rotatable bonds is 7. The highest BCUT2D eigenvalue weighted by Crippen LogP contribution is 2.38. The molecule has 1 rings (SSSR count). The predicted octanol–water partition coefficient (Wildman–Crippen LogP) is 1.03. The lowest BCUT2D eigenvalue weighted by Gasteiger charge is -2.14. The van der Waals surface area contributed by atoms with Crippen molar-refractivity contribution in [2.75, 3.05) is 21.3 Å². The van der Waals surface area contributed by atoms with E-state index in [0.29, 0.717) is 30.1 Å². The van der Waals surface area contributed by atoms with Crippen molar-refractivity contribution < 1.29 is 19.0 Å². The maximum atomic E-state index is 11.0. The van der Waals surface area contributed by atoms with Crippen LogP contribution >= 0.6 is 0 Å². The monoisotopic (exact) mass is 268 g/mol. The summed E-state index contributed by atoms with van der Waals surface area (Å²) in [6.07, 6.45) is 1.80. The molecule has 1 aromatic carbocycles. The minimum atomic E-state index is -0.174. The molecule has 0 aliphatic rings. The van der Waals surface area contributed by atoms with E-state index in [1.165, 1.54) is 0 Å². The van der Waals surface area contributed by atoms with Gasteiger partial charge in [-0.2, -0.15) is 0 Å². The van der Waals surface area contributed by atoms with Crippen molar-refractivity contribution in [2.24, 2.45) is 5.84 Å². The Morgan fingerprint density at radius 1 is 1.16 bits per heavy atom. The van der Waals surface area contributed by atoms with Crippen LogP contribution in [0.3, 0.4) is 0 Å². The molecule has 0 atom stereocenters. The Kier molecular flexibility index (Phi) is 5.95. The largest absolute Gasteiger partial charge is 0.493 e. The number of aryl methyl sites for hydroxylation is 1. The van der Waals surface area contributed by atoms with Crippen molar-refractivity contribution >= 4 is 5.91 Å². The molecule has 0 radical (unpaired) electrons. The molecule has 6 heteroatoms. The topological polar surface area (TPSA) is 82.8 Å². The van der Waals surface area contributed by atoms with Gasteiger partial charge in [-0.3, -0.25) is 10.2 Å². The highest BCUT2D eigenvalue weighted by atomic mass is 16.5. The van der Waals surface area contributed by atoms with Gasteiger partial charge >= 0.3 is 0 Å². The Hall–Kier alpha value is -1.95. The standard InChI is InChI=1S/C13H20N2O4/c1-17-10-7-9(5-4-6-12(16)15-14)8-11(18-2)13(10)19-3/h7-8H,4-6,14H2,1-3H3,(H,15,16). The summed E-state index contributed by atoms with van der Waals surface area (Å²) in [5.41, 5.74) is 3.12. The molecule has 1 amide bonds. The molecular weight excluding hydrogens is 248 g/mol. The third-order valence-electron chi connectivity index (χ3n) is 2.75. The van der Waals surface area contributed by atoms with Crippen LogP contribution in [0, 0.1) is 0 Å². The van der Waals surface area contributed by atoms with Crippen LogP contribution in [0.1, 0.15) is 18.4 Å². The van der Waals surface area contributed by atoms with Gasteiger partial charge in [0.1, 0.15) is 0 Å². The smallest absolute Gasteiger partial charge is 0.233 e. The van der Waals surface area contributed by atoms with Crippen molar-refractivity contribution in [1.29, 1.82) is 0 Å². The quantitative estimate of drug-likeness (QED) is 0.438. The first kappa shape index (κ1) is 15.1. The molecular formula is C13H20N2O4. The average Bonchev–Trinajstić information content (AvgIpc) is 2.45. The molecule has 0 fully saturated rings. The number of hydrazine groups is 1. The van der Waals surface area contributed by atoms with Crippen molar-refractivity contribution in [1.82, 2.24) is 5.43 Å². The van der Waals surface area contributed by atoms with Crippen LogP contribution in [-0.2, 0) is 11.2 Å². The molecule has 3 N–H and O–H groups in total. The Labute approximate surface area is 112 Å². The Morgan fingerprint density at radius 2 is 1.74 bits per heavy atom. The van der Waals surface area contributed by atoms with Gasteiger partial charge in [-0.1, -0.05) is 0 Å². The minimum Gasteiger partial charge on any atom is -0.493 e. The van der Waals surface area contributed by atoms with Gasteiger partial charge in [0.2, 0.25) is 11.7 Å². The predicted molar refractivity (Wildman–Crippen MR) is 71.4 cm³/mol. The van der Waals surface area contributed by atoms with Crippen molar-refractivity contribution in [2.45, 2.75) is 19.3 Å². The number of hydrogen-bond donors (Lipinski definition) is 2. The van der Waals surface area contributed by atoms with Gasteiger partial charge in [0, 0.05) is 6.42 Å². The number of carbonyl (C=O) groups is 1. The SMILES string of the molecule is COc1cc(CCCC(=O)NN)cc(OC)c1OC. The van der Waals surface area contributed by atoms with E-state index in [1.54, 1.807) is 21.3 Å². The summed E-state index contributed by atoms with van der Waals surface area (Å²) in [5.74, 6) is 6.64. The lowest BCUT2D eigenvalue weighted by molar-refractivity contribution is -0.121. The molecule has 1 aromatic rings. The molecule has 0 aromatic heterocycles. The van der Waals surface area contributed by atoms with Crippen LogP contribution < -0.4 is 25.5 Å². The molecule has 0 spiro atoms. The summed E-state index contributed by atoms with van der Waals surface area (Å²) in [5, 5.41) is 0. The molecule has 0 aliphatic carbocycles. The van der Waals surface area contributed by atoms with E-state index in [1.807, 2.05) is 12.1 Å². The van der Waals surface area contributed by atoms with Gasteiger partial charge in [-0.05, 0) is 30.5 Å². The summed E-state index contributed by atoms with van der Waals surface area (Å²) >= 11 is 0. The Balaban J connectivity index is 2.81. The third kappa shape index (κ3) is 4.03. The van der Waals surface area contributed by atoms with Gasteiger partial charge in [-0.15, -0.1) is 0 Å². The number of hydrogen-bond acceptors (Lipinski definition) is 5. The highest BCUT2D eigenvalue weighted by molar-refractivity contribution is 5.75. The van der Waals surface area contributed by atoms with E-state index in [0.717, 1.165) is 12.0 Å². The number of nitrogens with two attached hydrogens (primary N) is 1. The van der Waals surface area contributed by atoms with Crippen LogP contribution in [0.2, 0.25) is 0 Å². The van der Waals surface area contributed by atoms with E-state index in [2.05, 4.69) is 5.43 Å². The summed E-state index contributed by atoms with van der Waals surface area (Å²) in [6.45, 7) is 0. The summed E-state index contributed by atoms with van der Waals surface area (Å²) in [7, 11) is 4.71. The van der Waals surface area contributed by atoms with Crippen molar-refractivity contribution in [3.63, 3.8) is 0 Å². The first-order valence-corrected chi connectivity index (χ1v) is 5.94. The van der Waals surface area contributed by atoms with Gasteiger partial charge in [-0.25, -0.2) is 5.84 Å². The molecule has 0 aliphatic heterocycles. The zero-order valence-electron chi connectivity index (χ0n) is 11.5. The number of methoxy groups -OCH3 is 3. The normalized spacial score (nSPS) is 9.89. The van der Waals surface area contributed by atoms with Crippen molar-refractivity contribution in [3.8, 4) is 17.2 Å². The average molecular weight is 268 g/mol. The molecule has 19 heavy (non-hydrogen) atoms. The van der Waals surface area contributed by atoms with Gasteiger partial charge in [0.15, 0.2) is 11.5 Å². The van der Waals surface area contributed by atoms with Crippen LogP contribution in [0.5, 0.6) is 17.2 Å². The number of carbonyl (C=O) groups excluding carboxylic acids is 1. The van der Waals surface area contributed by atoms with Gasteiger partial charge < -0.3 is 14.2 Å². The summed E-state index contributed by atoms with van der Waals surface area (Å²) in [4.78, 5) is 11.0. The van der Waals surface area contributed by atoms with E-state index >= 15 is 0 Å². The third-order valence-corrected chi connectivity index (χ3v) is 2.75. The molecule has 0 unspecified atom stereocenters. The Morgan fingerprint density at radius 3 is 2.16 bits per heavy atom. The highest BCUT2D eigenvalue weighted by Gasteiger charge is 2.13. The molecule has 0 heterocycles. The lowest BCUT2D eigenvalue weighted by atomic mass is 10.1. The van der Waals surface area contributed by atoms with Crippen molar-refractivity contribution in [3.05, 3.63) is 17.7 Å². The Bertz CT molecular complexity index is 410. The van der Waals surface area contributed by atoms with E-state index in [9.17, 15) is 4.79 Å². The summed E-state index contributed by atoms with van der Waals surface area (Å²) < 4.78 is 15.8. The van der Waals surface area contributed by atoms with E-state index < -0.39 is 0 Å². The van der Waals surface area contributed by atoms with Crippen LogP contribution in [-0.4, -0.2) is 27.2 Å². The maximum absolute atomic E-state index is 11.0. The second-order valence-corrected chi connectivity index (χ2v) is 3.95. The van der Waals surface area contributed by atoms with Gasteiger partial charge in [0.05, 0.1) is 21.3 Å². The minimum absolute atomic E-state index is 0.174.